The molecule has 0 unspecified atom stereocenters. The number of aryl methyl sites for hydroxylation is 1. The molecule has 10 nitrogen and oxygen atoms in total. The number of esters is 1. The minimum atomic E-state index is -1.58. The van der Waals surface area contributed by atoms with E-state index in [-0.39, 0.29) is 44.8 Å². The van der Waals surface area contributed by atoms with Crippen LogP contribution in [0.3, 0.4) is 0 Å². The van der Waals surface area contributed by atoms with E-state index in [1.54, 1.807) is 63.5 Å². The summed E-state index contributed by atoms with van der Waals surface area (Å²) in [5, 5.41) is 3.41. The highest BCUT2D eigenvalue weighted by molar-refractivity contribution is 6.29. The van der Waals surface area contributed by atoms with Gasteiger partial charge in [-0.2, -0.15) is 0 Å². The van der Waals surface area contributed by atoms with Crippen LogP contribution in [0, 0.1) is 6.92 Å². The van der Waals surface area contributed by atoms with Crippen LogP contribution in [0.25, 0.3) is 16.9 Å². The number of piperidine rings is 1. The van der Waals surface area contributed by atoms with Crippen molar-refractivity contribution in [2.24, 2.45) is 0 Å². The van der Waals surface area contributed by atoms with Crippen LogP contribution in [0.1, 0.15) is 56.7 Å². The van der Waals surface area contributed by atoms with Crippen LogP contribution in [0.5, 0.6) is 0 Å². The molecule has 3 aromatic rings. The van der Waals surface area contributed by atoms with Crippen LogP contribution < -0.4 is 5.32 Å². The third kappa shape index (κ3) is 6.15. The molecule has 0 spiro atoms. The maximum absolute atomic E-state index is 15.8. The summed E-state index contributed by atoms with van der Waals surface area (Å²) in [6, 6.07) is 3.42. The fraction of sp³-hybridized carbons (Fsp3) is 0.500. The number of nitrogens with zero attached hydrogens (tertiary/aromatic N) is 5. The molecule has 0 atom stereocenters. The number of anilines is 1. The molecule has 204 valence electrons. The van der Waals surface area contributed by atoms with Gasteiger partial charge in [-0.1, -0.05) is 11.6 Å². The second kappa shape index (κ2) is 10.7. The lowest BCUT2D eigenvalue weighted by Crippen LogP contribution is -2.48. The number of carbonyl (C=O) groups excluding carboxylic acids is 2. The van der Waals surface area contributed by atoms with Gasteiger partial charge in [-0.25, -0.2) is 28.9 Å². The van der Waals surface area contributed by atoms with Gasteiger partial charge in [0.2, 0.25) is 0 Å². The molecule has 0 aromatic carbocycles. The third-order valence-corrected chi connectivity index (χ3v) is 6.43. The highest BCUT2D eigenvalue weighted by Crippen LogP contribution is 2.30. The number of fused-ring (bicyclic) bond motifs is 1. The summed E-state index contributed by atoms with van der Waals surface area (Å²) in [6.45, 7) is 9.49. The zero-order valence-electron chi connectivity index (χ0n) is 22.2. The van der Waals surface area contributed by atoms with Crippen LogP contribution in [-0.2, 0) is 9.47 Å². The largest absolute Gasteiger partial charge is 0.461 e. The Morgan fingerprint density at radius 3 is 2.58 bits per heavy atom. The van der Waals surface area contributed by atoms with Crippen LogP contribution >= 0.6 is 11.6 Å². The van der Waals surface area contributed by atoms with Gasteiger partial charge in [0, 0.05) is 43.9 Å². The first-order valence-electron chi connectivity index (χ1n) is 12.5. The minimum absolute atomic E-state index is 0.0565. The Bertz CT molecular complexity index is 1350. The smallest absolute Gasteiger partial charge is 0.410 e. The molecule has 1 aliphatic heterocycles. The first kappa shape index (κ1) is 27.6. The Balaban J connectivity index is 1.60. The lowest BCUT2D eigenvalue weighted by atomic mass is 9.93. The lowest BCUT2D eigenvalue weighted by Gasteiger charge is -2.37. The van der Waals surface area contributed by atoms with Crippen molar-refractivity contribution >= 4 is 35.1 Å². The number of likely N-dealkylation sites (tertiary alicyclic amines) is 1. The fourth-order valence-electron chi connectivity index (χ4n) is 4.21. The predicted molar refractivity (Wildman–Crippen MR) is 141 cm³/mol. The van der Waals surface area contributed by atoms with Gasteiger partial charge in [0.15, 0.2) is 17.2 Å². The van der Waals surface area contributed by atoms with Gasteiger partial charge in [-0.15, -0.1) is 0 Å². The number of ether oxygens (including phenoxy) is 2. The summed E-state index contributed by atoms with van der Waals surface area (Å²) >= 11 is 6.09. The normalized spacial score (nSPS) is 15.4. The van der Waals surface area contributed by atoms with E-state index in [2.05, 4.69) is 20.3 Å². The van der Waals surface area contributed by atoms with E-state index in [0.29, 0.717) is 33.6 Å². The maximum Gasteiger partial charge on any atom is 0.410 e. The van der Waals surface area contributed by atoms with Crippen molar-refractivity contribution < 1.29 is 23.5 Å². The van der Waals surface area contributed by atoms with Crippen LogP contribution in [0.4, 0.5) is 15.0 Å². The molecule has 0 saturated carbocycles. The summed E-state index contributed by atoms with van der Waals surface area (Å²) in [5.41, 5.74) is 0.111. The number of nitrogens with one attached hydrogen (secondary N) is 1. The quantitative estimate of drug-likeness (QED) is 0.336. The summed E-state index contributed by atoms with van der Waals surface area (Å²) in [7, 11) is 0. The highest BCUT2D eigenvalue weighted by atomic mass is 35.5. The van der Waals surface area contributed by atoms with E-state index < -0.39 is 23.3 Å². The molecule has 4 heterocycles. The van der Waals surface area contributed by atoms with Crippen molar-refractivity contribution in [3.05, 3.63) is 41.1 Å². The number of amides is 1. The van der Waals surface area contributed by atoms with Gasteiger partial charge < -0.3 is 19.7 Å². The predicted octanol–water partition coefficient (Wildman–Crippen LogP) is 5.08. The number of halogens is 2. The van der Waals surface area contributed by atoms with E-state index in [1.165, 1.54) is 4.90 Å². The molecule has 38 heavy (non-hydrogen) atoms. The number of alkyl halides is 1. The van der Waals surface area contributed by atoms with Crippen LogP contribution in [0.2, 0.25) is 5.15 Å². The number of imidazole rings is 1. The molecule has 0 radical (unpaired) electrons. The number of pyridine rings is 1. The zero-order chi connectivity index (χ0) is 27.7. The number of aromatic nitrogens is 4. The first-order valence-corrected chi connectivity index (χ1v) is 12.9. The Morgan fingerprint density at radius 2 is 1.95 bits per heavy atom. The SMILES string of the molecule is CCOC(=O)c1nc2c(NCC3(F)CCN(C(=O)OC(C)(C)C)CC3)nc(-c3ccnc(Cl)c3)cn2c1C. The van der Waals surface area contributed by atoms with E-state index >= 15 is 4.39 Å². The average molecular weight is 547 g/mol. The summed E-state index contributed by atoms with van der Waals surface area (Å²) < 4.78 is 28.1. The molecule has 12 heteroatoms. The Kier molecular flexibility index (Phi) is 7.78. The molecule has 1 saturated heterocycles. The molecule has 1 aliphatic rings. The molecule has 1 N–H and O–H groups in total. The van der Waals surface area contributed by atoms with Crippen LogP contribution in [-0.4, -0.2) is 73.8 Å². The molecule has 0 aliphatic carbocycles. The van der Waals surface area contributed by atoms with Crippen molar-refractivity contribution in [3.63, 3.8) is 0 Å². The molecule has 0 bridgehead atoms. The highest BCUT2D eigenvalue weighted by Gasteiger charge is 2.37. The monoisotopic (exact) mass is 546 g/mol. The van der Waals surface area contributed by atoms with E-state index in [4.69, 9.17) is 21.1 Å². The number of hydrogen-bond acceptors (Lipinski definition) is 8. The summed E-state index contributed by atoms with van der Waals surface area (Å²) in [6.07, 6.45) is 3.13. The van der Waals surface area contributed by atoms with Gasteiger partial charge in [-0.05, 0) is 46.8 Å². The molecule has 4 rings (SSSR count). The average Bonchev–Trinajstić information content (AvgIpc) is 3.18. The van der Waals surface area contributed by atoms with Gasteiger partial charge in [0.25, 0.3) is 0 Å². The van der Waals surface area contributed by atoms with Gasteiger partial charge >= 0.3 is 12.1 Å². The van der Waals surface area contributed by atoms with Crippen molar-refractivity contribution in [3.8, 4) is 11.3 Å². The van der Waals surface area contributed by atoms with E-state index in [9.17, 15) is 9.59 Å². The lowest BCUT2D eigenvalue weighted by molar-refractivity contribution is 0.00572. The van der Waals surface area contributed by atoms with Crippen LogP contribution in [0.15, 0.2) is 24.5 Å². The van der Waals surface area contributed by atoms with Gasteiger partial charge in [0.1, 0.15) is 16.4 Å². The fourth-order valence-corrected chi connectivity index (χ4v) is 4.38. The summed E-state index contributed by atoms with van der Waals surface area (Å²) in [5.74, 6) is -0.245. The number of hydrogen-bond donors (Lipinski definition) is 1. The standard InChI is InChI=1S/C26H32ClFN6O4/c1-6-37-23(35)20-16(2)34-14-18(17-7-10-29-19(27)13-17)31-21(22(34)32-20)30-15-26(28)8-11-33(12-9-26)24(36)38-25(3,4)5/h7,10,13-14H,6,8-9,11-12,15H2,1-5H3,(H,30,31). The van der Waals surface area contributed by atoms with Gasteiger partial charge in [0.05, 0.1) is 24.5 Å². The first-order chi connectivity index (χ1) is 17.9. The van der Waals surface area contributed by atoms with Crippen molar-refractivity contribution in [2.45, 2.75) is 58.7 Å². The third-order valence-electron chi connectivity index (χ3n) is 6.22. The molecule has 1 fully saturated rings. The van der Waals surface area contributed by atoms with Gasteiger partial charge in [-0.3, -0.25) is 4.40 Å². The Hall–Kier alpha value is -3.47. The second-order valence-corrected chi connectivity index (χ2v) is 10.7. The molecular formula is C26H32ClFN6O4. The topological polar surface area (TPSA) is 111 Å². The molecule has 3 aromatic heterocycles. The number of rotatable bonds is 6. The van der Waals surface area contributed by atoms with Crippen molar-refractivity contribution in [1.82, 2.24) is 24.3 Å². The Labute approximate surface area is 225 Å². The second-order valence-electron chi connectivity index (χ2n) is 10.3. The van der Waals surface area contributed by atoms with E-state index in [1.807, 2.05) is 0 Å². The summed E-state index contributed by atoms with van der Waals surface area (Å²) in [4.78, 5) is 39.6. The van der Waals surface area contributed by atoms with Crippen molar-refractivity contribution in [1.29, 1.82) is 0 Å². The van der Waals surface area contributed by atoms with Crippen molar-refractivity contribution in [2.75, 3.05) is 31.6 Å². The van der Waals surface area contributed by atoms with E-state index in [0.717, 1.165) is 0 Å². The number of carbonyl (C=O) groups is 2. The molecular weight excluding hydrogens is 515 g/mol. The Morgan fingerprint density at radius 1 is 1.24 bits per heavy atom. The minimum Gasteiger partial charge on any atom is -0.461 e. The molecule has 1 amide bonds. The maximum atomic E-state index is 15.8. The zero-order valence-corrected chi connectivity index (χ0v) is 22.9.